The van der Waals surface area contributed by atoms with Gasteiger partial charge in [-0.3, -0.25) is 9.78 Å². The van der Waals surface area contributed by atoms with Gasteiger partial charge in [0.2, 0.25) is 5.91 Å². The lowest BCUT2D eigenvalue weighted by atomic mass is 9.70. The van der Waals surface area contributed by atoms with Gasteiger partial charge in [-0.15, -0.1) is 0 Å². The number of rotatable bonds is 8. The molecule has 0 saturated heterocycles. The van der Waals surface area contributed by atoms with E-state index < -0.39 is 0 Å². The van der Waals surface area contributed by atoms with Crippen molar-refractivity contribution in [3.8, 4) is 0 Å². The minimum atomic E-state index is -0.118. The maximum atomic E-state index is 12.5. The Balaban J connectivity index is 1.93. The maximum Gasteiger partial charge on any atom is 0.314 e. The second-order valence-corrected chi connectivity index (χ2v) is 8.00. The van der Waals surface area contributed by atoms with Crippen LogP contribution in [0.4, 0.5) is 4.79 Å². The zero-order valence-electron chi connectivity index (χ0n) is 17.5. The molecule has 1 aromatic rings. The molecular weight excluding hydrogens is 352 g/mol. The number of amides is 3. The summed E-state index contributed by atoms with van der Waals surface area (Å²) in [5.41, 5.74) is 2.25. The molecule has 0 aliphatic heterocycles. The molecule has 0 aromatic carbocycles. The van der Waals surface area contributed by atoms with Crippen LogP contribution in [-0.2, 0) is 11.3 Å². The molecule has 1 aliphatic rings. The molecule has 1 aromatic heterocycles. The number of allylic oxidation sites excluding steroid dienone is 1. The molecule has 0 spiro atoms. The van der Waals surface area contributed by atoms with Crippen LogP contribution in [0.15, 0.2) is 36.2 Å². The van der Waals surface area contributed by atoms with E-state index in [-0.39, 0.29) is 17.9 Å². The molecule has 6 nitrogen and oxygen atoms in total. The minimum absolute atomic E-state index is 0.0722. The molecule has 3 N–H and O–H groups in total. The average Bonchev–Trinajstić information content (AvgIpc) is 2.67. The molecule has 28 heavy (non-hydrogen) atoms. The minimum Gasteiger partial charge on any atom is -0.352 e. The molecule has 6 heteroatoms. The van der Waals surface area contributed by atoms with Crippen LogP contribution >= 0.6 is 0 Å². The fraction of sp³-hybridized carbons (Fsp3) is 0.591. The Labute approximate surface area is 168 Å². The third-order valence-electron chi connectivity index (χ3n) is 5.56. The molecule has 1 aliphatic carbocycles. The van der Waals surface area contributed by atoms with Gasteiger partial charge in [0.15, 0.2) is 0 Å². The van der Waals surface area contributed by atoms with Gasteiger partial charge in [-0.05, 0) is 55.6 Å². The molecule has 0 fully saturated rings. The van der Waals surface area contributed by atoms with Crippen LogP contribution in [0.25, 0.3) is 0 Å². The van der Waals surface area contributed by atoms with Crippen LogP contribution in [0.5, 0.6) is 0 Å². The number of hydrogen-bond acceptors (Lipinski definition) is 3. The van der Waals surface area contributed by atoms with Crippen LogP contribution in [0.1, 0.15) is 46.1 Å². The Morgan fingerprint density at radius 3 is 2.68 bits per heavy atom. The van der Waals surface area contributed by atoms with Crippen molar-refractivity contribution in [3.63, 3.8) is 0 Å². The van der Waals surface area contributed by atoms with E-state index in [1.807, 2.05) is 19.1 Å². The van der Waals surface area contributed by atoms with Crippen molar-refractivity contribution >= 4 is 11.9 Å². The summed E-state index contributed by atoms with van der Waals surface area (Å²) in [5.74, 6) is 1.57. The molecule has 3 unspecified atom stereocenters. The van der Waals surface area contributed by atoms with Gasteiger partial charge < -0.3 is 16.0 Å². The Kier molecular flexibility index (Phi) is 8.48. The van der Waals surface area contributed by atoms with Gasteiger partial charge in [-0.25, -0.2) is 4.79 Å². The van der Waals surface area contributed by atoms with Crippen LogP contribution in [0.3, 0.4) is 0 Å². The zero-order valence-corrected chi connectivity index (χ0v) is 17.5. The zero-order chi connectivity index (χ0) is 20.5. The summed E-state index contributed by atoms with van der Waals surface area (Å²) in [4.78, 5) is 28.3. The van der Waals surface area contributed by atoms with E-state index >= 15 is 0 Å². The standard InChI is InChI=1S/C22H34N4O2/c1-5-24-22(28)26-14-19-9-16(4)18(10-20(19)15(2)3)11-21(27)25-13-17-7-6-8-23-12-17/h6-9,12,15,18-20H,5,10-11,13-14H2,1-4H3,(H,25,27)(H2,24,26,28). The smallest absolute Gasteiger partial charge is 0.314 e. The summed E-state index contributed by atoms with van der Waals surface area (Å²) in [7, 11) is 0. The highest BCUT2D eigenvalue weighted by atomic mass is 16.2. The largest absolute Gasteiger partial charge is 0.352 e. The van der Waals surface area contributed by atoms with Gasteiger partial charge in [-0.2, -0.15) is 0 Å². The highest BCUT2D eigenvalue weighted by Crippen LogP contribution is 2.38. The first-order valence-electron chi connectivity index (χ1n) is 10.3. The van der Waals surface area contributed by atoms with Crippen molar-refractivity contribution in [1.82, 2.24) is 20.9 Å². The molecule has 154 valence electrons. The monoisotopic (exact) mass is 386 g/mol. The normalized spacial score (nSPS) is 21.8. The highest BCUT2D eigenvalue weighted by molar-refractivity contribution is 5.76. The van der Waals surface area contributed by atoms with Gasteiger partial charge in [-0.1, -0.05) is 31.6 Å². The summed E-state index contributed by atoms with van der Waals surface area (Å²) in [5, 5.41) is 8.75. The average molecular weight is 387 g/mol. The van der Waals surface area contributed by atoms with Crippen LogP contribution in [0, 0.1) is 23.7 Å². The first-order valence-corrected chi connectivity index (χ1v) is 10.3. The van der Waals surface area contributed by atoms with E-state index in [0.29, 0.717) is 43.8 Å². The summed E-state index contributed by atoms with van der Waals surface area (Å²) < 4.78 is 0. The van der Waals surface area contributed by atoms with Crippen molar-refractivity contribution in [1.29, 1.82) is 0 Å². The van der Waals surface area contributed by atoms with E-state index in [0.717, 1.165) is 12.0 Å². The number of carbonyl (C=O) groups is 2. The van der Waals surface area contributed by atoms with E-state index in [1.165, 1.54) is 5.57 Å². The number of nitrogens with one attached hydrogen (secondary N) is 3. The van der Waals surface area contributed by atoms with Gasteiger partial charge in [0.25, 0.3) is 0 Å². The van der Waals surface area contributed by atoms with Crippen molar-refractivity contribution < 1.29 is 9.59 Å². The van der Waals surface area contributed by atoms with E-state index in [1.54, 1.807) is 12.4 Å². The predicted molar refractivity (Wildman–Crippen MR) is 111 cm³/mol. The lowest BCUT2D eigenvalue weighted by Crippen LogP contribution is -2.41. The second kappa shape index (κ2) is 10.8. The first-order chi connectivity index (χ1) is 13.4. The number of pyridine rings is 1. The quantitative estimate of drug-likeness (QED) is 0.600. The Morgan fingerprint density at radius 2 is 2.04 bits per heavy atom. The fourth-order valence-corrected chi connectivity index (χ4v) is 3.94. The topological polar surface area (TPSA) is 83.1 Å². The molecule has 3 amide bonds. The Morgan fingerprint density at radius 1 is 1.25 bits per heavy atom. The Bertz CT molecular complexity index is 672. The lowest BCUT2D eigenvalue weighted by molar-refractivity contribution is -0.122. The van der Waals surface area contributed by atoms with E-state index in [4.69, 9.17) is 0 Å². The number of urea groups is 1. The summed E-state index contributed by atoms with van der Waals surface area (Å²) in [6.45, 7) is 10.2. The fourth-order valence-electron chi connectivity index (χ4n) is 3.94. The van der Waals surface area contributed by atoms with Gasteiger partial charge in [0.1, 0.15) is 0 Å². The third kappa shape index (κ3) is 6.66. The number of hydrogen-bond donors (Lipinski definition) is 3. The van der Waals surface area contributed by atoms with Gasteiger partial charge in [0, 0.05) is 38.4 Å². The summed E-state index contributed by atoms with van der Waals surface area (Å²) in [6, 6.07) is 3.71. The van der Waals surface area contributed by atoms with E-state index in [9.17, 15) is 9.59 Å². The molecule has 1 heterocycles. The third-order valence-corrected chi connectivity index (χ3v) is 5.56. The van der Waals surface area contributed by atoms with Crippen molar-refractivity contribution in [2.45, 2.75) is 47.1 Å². The number of nitrogens with zero attached hydrogens (tertiary/aromatic N) is 1. The number of aromatic nitrogens is 1. The van der Waals surface area contributed by atoms with Crippen molar-refractivity contribution in [3.05, 3.63) is 41.7 Å². The number of carbonyl (C=O) groups excluding carboxylic acids is 2. The summed E-state index contributed by atoms with van der Waals surface area (Å²) >= 11 is 0. The molecular formula is C22H34N4O2. The first kappa shape index (κ1) is 21.9. The molecule has 0 saturated carbocycles. The summed E-state index contributed by atoms with van der Waals surface area (Å²) in [6.07, 6.45) is 7.24. The molecule has 2 rings (SSSR count). The maximum absolute atomic E-state index is 12.5. The van der Waals surface area contributed by atoms with Crippen molar-refractivity contribution in [2.75, 3.05) is 13.1 Å². The van der Waals surface area contributed by atoms with E-state index in [2.05, 4.69) is 47.8 Å². The lowest BCUT2D eigenvalue weighted by Gasteiger charge is -2.37. The van der Waals surface area contributed by atoms with Crippen molar-refractivity contribution in [2.24, 2.45) is 23.7 Å². The SMILES string of the molecule is CCNC(=O)NCC1C=C(C)C(CC(=O)NCc2cccnc2)CC1C(C)C. The predicted octanol–water partition coefficient (Wildman–Crippen LogP) is 3.26. The van der Waals surface area contributed by atoms with Gasteiger partial charge in [0.05, 0.1) is 0 Å². The Hall–Kier alpha value is -2.37. The molecule has 0 radical (unpaired) electrons. The highest BCUT2D eigenvalue weighted by Gasteiger charge is 2.32. The molecule has 3 atom stereocenters. The van der Waals surface area contributed by atoms with Crippen LogP contribution in [-0.4, -0.2) is 30.0 Å². The van der Waals surface area contributed by atoms with Crippen LogP contribution in [0.2, 0.25) is 0 Å². The second-order valence-electron chi connectivity index (χ2n) is 8.00. The molecule has 0 bridgehead atoms. The van der Waals surface area contributed by atoms with Crippen LogP contribution < -0.4 is 16.0 Å². The van der Waals surface area contributed by atoms with Gasteiger partial charge >= 0.3 is 6.03 Å².